The molecule has 84 valence electrons. The van der Waals surface area contributed by atoms with Gasteiger partial charge in [0.2, 0.25) is 5.91 Å². The molecule has 1 amide bonds. The van der Waals surface area contributed by atoms with Crippen molar-refractivity contribution in [3.63, 3.8) is 0 Å². The van der Waals surface area contributed by atoms with E-state index in [-0.39, 0.29) is 17.8 Å². The van der Waals surface area contributed by atoms with Crippen LogP contribution in [0.2, 0.25) is 0 Å². The minimum atomic E-state index is -0.322. The van der Waals surface area contributed by atoms with Crippen molar-refractivity contribution in [1.29, 1.82) is 0 Å². The predicted molar refractivity (Wildman–Crippen MR) is 62.9 cm³/mol. The quantitative estimate of drug-likeness (QED) is 0.833. The van der Waals surface area contributed by atoms with Crippen LogP contribution in [0.1, 0.15) is 12.8 Å². The predicted octanol–water partition coefficient (Wildman–Crippen LogP) is 2.73. The van der Waals surface area contributed by atoms with Gasteiger partial charge >= 0.3 is 0 Å². The van der Waals surface area contributed by atoms with Crippen molar-refractivity contribution in [1.82, 2.24) is 0 Å². The van der Waals surface area contributed by atoms with Gasteiger partial charge in [-0.2, -0.15) is 0 Å². The molecular weight excluding hydrogens is 275 g/mol. The van der Waals surface area contributed by atoms with Gasteiger partial charge in [-0.05, 0) is 40.8 Å². The average Bonchev–Trinajstić information content (AvgIpc) is 3.03. The van der Waals surface area contributed by atoms with Crippen LogP contribution in [0.4, 0.5) is 15.8 Å². The smallest absolute Gasteiger partial charge is 0.247 e. The summed E-state index contributed by atoms with van der Waals surface area (Å²) in [5, 5.41) is 5.91. The summed E-state index contributed by atoms with van der Waals surface area (Å²) in [5.41, 5.74) is 1.30. The number of benzene rings is 1. The van der Waals surface area contributed by atoms with Crippen molar-refractivity contribution in [3.05, 3.63) is 22.4 Å². The van der Waals surface area contributed by atoms with Crippen molar-refractivity contribution in [2.45, 2.75) is 18.9 Å². The maximum Gasteiger partial charge on any atom is 0.247 e. The third-order valence-electron chi connectivity index (χ3n) is 3.01. The minimum absolute atomic E-state index is 0.0199. The molecule has 0 radical (unpaired) electrons. The molecule has 1 aromatic carbocycles. The minimum Gasteiger partial charge on any atom is -0.372 e. The van der Waals surface area contributed by atoms with E-state index >= 15 is 0 Å². The van der Waals surface area contributed by atoms with E-state index in [4.69, 9.17) is 0 Å². The number of halogens is 2. The summed E-state index contributed by atoms with van der Waals surface area (Å²) in [4.78, 5) is 11.8. The van der Waals surface area contributed by atoms with Gasteiger partial charge in [0.15, 0.2) is 0 Å². The van der Waals surface area contributed by atoms with Crippen LogP contribution < -0.4 is 10.6 Å². The Morgan fingerprint density at radius 2 is 2.06 bits per heavy atom. The highest BCUT2D eigenvalue weighted by Crippen LogP contribution is 2.39. The van der Waals surface area contributed by atoms with E-state index in [1.165, 1.54) is 6.07 Å². The molecule has 0 spiro atoms. The summed E-state index contributed by atoms with van der Waals surface area (Å²) < 4.78 is 13.7. The second kappa shape index (κ2) is 3.45. The highest BCUT2D eigenvalue weighted by molar-refractivity contribution is 9.10. The first-order valence-electron chi connectivity index (χ1n) is 5.21. The topological polar surface area (TPSA) is 41.1 Å². The lowest BCUT2D eigenvalue weighted by molar-refractivity contribution is -0.117. The van der Waals surface area contributed by atoms with Crippen molar-refractivity contribution in [3.8, 4) is 0 Å². The van der Waals surface area contributed by atoms with Gasteiger partial charge in [-0.3, -0.25) is 4.79 Å². The van der Waals surface area contributed by atoms with E-state index < -0.39 is 0 Å². The number of fused-ring (bicyclic) bond motifs is 1. The molecule has 3 nitrogen and oxygen atoms in total. The Bertz CT molecular complexity index is 473. The highest BCUT2D eigenvalue weighted by atomic mass is 79.9. The molecule has 1 fully saturated rings. The van der Waals surface area contributed by atoms with Crippen molar-refractivity contribution >= 4 is 33.2 Å². The number of carbonyl (C=O) groups excluding carboxylic acids is 1. The Kier molecular flexibility index (Phi) is 2.17. The molecule has 2 aliphatic rings. The number of nitrogens with one attached hydrogen (secondary N) is 2. The van der Waals surface area contributed by atoms with Crippen LogP contribution >= 0.6 is 15.9 Å². The Labute approximate surface area is 101 Å². The van der Waals surface area contributed by atoms with Crippen LogP contribution in [-0.2, 0) is 4.79 Å². The summed E-state index contributed by atoms with van der Waals surface area (Å²) in [5.74, 6) is 0.0605. The summed E-state index contributed by atoms with van der Waals surface area (Å²) in [6, 6.07) is 2.79. The fourth-order valence-corrected chi connectivity index (χ4v) is 2.32. The molecule has 0 bridgehead atoms. The van der Waals surface area contributed by atoms with Gasteiger partial charge in [0.1, 0.15) is 11.9 Å². The number of hydrogen-bond donors (Lipinski definition) is 2. The van der Waals surface area contributed by atoms with E-state index in [0.717, 1.165) is 12.8 Å². The molecule has 1 aliphatic carbocycles. The number of rotatable bonds is 1. The maximum absolute atomic E-state index is 13.3. The zero-order valence-electron chi connectivity index (χ0n) is 8.39. The average molecular weight is 285 g/mol. The lowest BCUT2D eigenvalue weighted by Gasteiger charge is -2.27. The summed E-state index contributed by atoms with van der Waals surface area (Å²) in [6.07, 6.45) is 2.14. The van der Waals surface area contributed by atoms with Gasteiger partial charge in [0.05, 0.1) is 15.8 Å². The van der Waals surface area contributed by atoms with Gasteiger partial charge in [-0.15, -0.1) is 0 Å². The third kappa shape index (κ3) is 1.59. The molecule has 2 N–H and O–H groups in total. The van der Waals surface area contributed by atoms with E-state index in [2.05, 4.69) is 26.6 Å². The molecule has 0 aromatic heterocycles. The third-order valence-corrected chi connectivity index (χ3v) is 3.61. The number of anilines is 2. The summed E-state index contributed by atoms with van der Waals surface area (Å²) >= 11 is 3.10. The second-order valence-corrected chi connectivity index (χ2v) is 5.11. The molecule has 1 atom stereocenters. The molecule has 1 heterocycles. The first-order valence-corrected chi connectivity index (χ1v) is 6.01. The monoisotopic (exact) mass is 284 g/mol. The normalized spacial score (nSPS) is 23.4. The molecule has 1 aromatic rings. The van der Waals surface area contributed by atoms with Gasteiger partial charge in [0, 0.05) is 6.07 Å². The van der Waals surface area contributed by atoms with Crippen molar-refractivity contribution in [2.24, 2.45) is 5.92 Å². The SMILES string of the molecule is O=C1Nc2cc(Br)c(F)cc2NC1C1CC1. The molecule has 0 saturated heterocycles. The van der Waals surface area contributed by atoms with Crippen LogP contribution in [0, 0.1) is 11.7 Å². The Hall–Kier alpha value is -1.10. The lowest BCUT2D eigenvalue weighted by Crippen LogP contribution is -2.40. The summed E-state index contributed by atoms with van der Waals surface area (Å²) in [7, 11) is 0. The zero-order chi connectivity index (χ0) is 11.3. The van der Waals surface area contributed by atoms with Crippen LogP contribution in [0.15, 0.2) is 16.6 Å². The van der Waals surface area contributed by atoms with Crippen molar-refractivity contribution < 1.29 is 9.18 Å². The molecule has 1 aliphatic heterocycles. The first-order chi connectivity index (χ1) is 7.65. The fourth-order valence-electron chi connectivity index (χ4n) is 1.97. The maximum atomic E-state index is 13.3. The molecule has 1 saturated carbocycles. The van der Waals surface area contributed by atoms with Gasteiger partial charge in [0.25, 0.3) is 0 Å². The van der Waals surface area contributed by atoms with E-state index in [1.807, 2.05) is 0 Å². The van der Waals surface area contributed by atoms with Crippen LogP contribution in [0.25, 0.3) is 0 Å². The molecule has 3 rings (SSSR count). The second-order valence-electron chi connectivity index (χ2n) is 4.26. The lowest BCUT2D eigenvalue weighted by atomic mass is 10.1. The van der Waals surface area contributed by atoms with Gasteiger partial charge < -0.3 is 10.6 Å². The van der Waals surface area contributed by atoms with Gasteiger partial charge in [-0.1, -0.05) is 0 Å². The Morgan fingerprint density at radius 3 is 2.75 bits per heavy atom. The Morgan fingerprint density at radius 1 is 1.31 bits per heavy atom. The molecule has 16 heavy (non-hydrogen) atoms. The van der Waals surface area contributed by atoms with Crippen LogP contribution in [0.3, 0.4) is 0 Å². The standard InChI is InChI=1S/C11H10BrFN2O/c12-6-3-8-9(4-7(6)13)14-10(5-1-2-5)11(16)15-8/h3-5,10,14H,1-2H2,(H,15,16). The zero-order valence-corrected chi connectivity index (χ0v) is 9.97. The number of carbonyl (C=O) groups is 1. The van der Waals surface area contributed by atoms with Crippen LogP contribution in [0.5, 0.6) is 0 Å². The van der Waals surface area contributed by atoms with E-state index in [1.54, 1.807) is 6.07 Å². The number of amides is 1. The number of hydrogen-bond acceptors (Lipinski definition) is 2. The summed E-state index contributed by atoms with van der Waals surface area (Å²) in [6.45, 7) is 0. The fraction of sp³-hybridized carbons (Fsp3) is 0.364. The van der Waals surface area contributed by atoms with Gasteiger partial charge in [-0.25, -0.2) is 4.39 Å². The molecular formula is C11H10BrFN2O. The molecule has 5 heteroatoms. The largest absolute Gasteiger partial charge is 0.372 e. The van der Waals surface area contributed by atoms with Crippen LogP contribution in [-0.4, -0.2) is 11.9 Å². The Balaban J connectivity index is 1.98. The first kappa shape index (κ1) is 10.1. The van der Waals surface area contributed by atoms with E-state index in [0.29, 0.717) is 21.8 Å². The molecule has 1 unspecified atom stereocenters. The highest BCUT2D eigenvalue weighted by Gasteiger charge is 2.38. The van der Waals surface area contributed by atoms with Crippen molar-refractivity contribution in [2.75, 3.05) is 10.6 Å². The van der Waals surface area contributed by atoms with E-state index in [9.17, 15) is 9.18 Å².